The summed E-state index contributed by atoms with van der Waals surface area (Å²) in [5.74, 6) is -0.0116. The maximum absolute atomic E-state index is 12.5. The van der Waals surface area contributed by atoms with E-state index in [2.05, 4.69) is 20.9 Å². The number of aromatic nitrogens is 2. The number of halogens is 1. The zero-order valence-corrected chi connectivity index (χ0v) is 14.1. The van der Waals surface area contributed by atoms with Gasteiger partial charge >= 0.3 is 0 Å². The lowest BCUT2D eigenvalue weighted by Crippen LogP contribution is -2.27. The Labute approximate surface area is 135 Å². The van der Waals surface area contributed by atoms with Crippen molar-refractivity contribution in [1.29, 1.82) is 0 Å². The first kappa shape index (κ1) is 14.3. The topological polar surface area (TPSA) is 38.1 Å². The first-order valence-corrected chi connectivity index (χ1v) is 8.07. The van der Waals surface area contributed by atoms with Crippen LogP contribution in [-0.4, -0.2) is 27.4 Å². The molecular formula is C15H14BrN3OS. The number of carbonyl (C=O) groups is 1. The van der Waals surface area contributed by atoms with Crippen LogP contribution in [0.15, 0.2) is 41.0 Å². The highest BCUT2D eigenvalue weighted by atomic mass is 79.9. The maximum Gasteiger partial charge on any atom is 0.270 e. The minimum absolute atomic E-state index is 0.0116. The van der Waals surface area contributed by atoms with Crippen LogP contribution in [0, 0.1) is 0 Å². The van der Waals surface area contributed by atoms with E-state index in [1.54, 1.807) is 23.3 Å². The number of carbonyl (C=O) groups excluding carboxylic acids is 1. The Kier molecular flexibility index (Phi) is 3.82. The molecule has 0 radical (unpaired) electrons. The van der Waals surface area contributed by atoms with Crippen LogP contribution >= 0.6 is 27.3 Å². The Morgan fingerprint density at radius 3 is 2.86 bits per heavy atom. The van der Waals surface area contributed by atoms with Gasteiger partial charge in [-0.2, -0.15) is 0 Å². The highest BCUT2D eigenvalue weighted by molar-refractivity contribution is 9.10. The second kappa shape index (κ2) is 5.61. The van der Waals surface area contributed by atoms with Crippen molar-refractivity contribution in [3.05, 3.63) is 51.7 Å². The molecule has 0 spiro atoms. The van der Waals surface area contributed by atoms with Crippen LogP contribution in [-0.2, 0) is 13.6 Å². The number of thiazole rings is 1. The Hall–Kier alpha value is -1.66. The average Bonchev–Trinajstić information content (AvgIpc) is 3.00. The fourth-order valence-corrected chi connectivity index (χ4v) is 3.74. The number of para-hydroxylation sites is 1. The Bertz CT molecular complexity index is 775. The van der Waals surface area contributed by atoms with Crippen LogP contribution in [0.1, 0.15) is 15.5 Å². The lowest BCUT2D eigenvalue weighted by Gasteiger charge is -2.15. The predicted octanol–water partition coefficient (Wildman–Crippen LogP) is 3.67. The molecule has 108 valence electrons. The Balaban J connectivity index is 1.80. The number of hydrogen-bond acceptors (Lipinski definition) is 3. The fraction of sp³-hybridized carbons (Fsp3) is 0.200. The lowest BCUT2D eigenvalue weighted by atomic mass is 10.3. The van der Waals surface area contributed by atoms with E-state index in [4.69, 9.17) is 0 Å². The van der Waals surface area contributed by atoms with Crippen molar-refractivity contribution in [3.8, 4) is 0 Å². The molecule has 0 saturated carbocycles. The molecule has 0 N–H and O–H groups in total. The molecule has 0 fully saturated rings. The maximum atomic E-state index is 12.5. The molecule has 0 unspecified atom stereocenters. The summed E-state index contributed by atoms with van der Waals surface area (Å²) >= 11 is 5.02. The highest BCUT2D eigenvalue weighted by Crippen LogP contribution is 2.23. The van der Waals surface area contributed by atoms with E-state index >= 15 is 0 Å². The number of benzene rings is 1. The summed E-state index contributed by atoms with van der Waals surface area (Å²) in [6.45, 7) is 0.515. The smallest absolute Gasteiger partial charge is 0.270 e. The van der Waals surface area contributed by atoms with Gasteiger partial charge in [0.05, 0.1) is 16.8 Å². The third-order valence-corrected chi connectivity index (χ3v) is 4.70. The van der Waals surface area contributed by atoms with E-state index in [1.807, 2.05) is 48.1 Å². The third-order valence-electron chi connectivity index (χ3n) is 3.25. The van der Waals surface area contributed by atoms with Crippen molar-refractivity contribution >= 4 is 43.4 Å². The lowest BCUT2D eigenvalue weighted by molar-refractivity contribution is 0.0775. The first-order chi connectivity index (χ1) is 10.0. The second-order valence-electron chi connectivity index (χ2n) is 4.89. The predicted molar refractivity (Wildman–Crippen MR) is 88.5 cm³/mol. The van der Waals surface area contributed by atoms with Gasteiger partial charge in [0.2, 0.25) is 0 Å². The summed E-state index contributed by atoms with van der Waals surface area (Å²) in [7, 11) is 3.67. The van der Waals surface area contributed by atoms with Gasteiger partial charge in [-0.05, 0) is 34.1 Å². The van der Waals surface area contributed by atoms with E-state index in [-0.39, 0.29) is 5.91 Å². The van der Waals surface area contributed by atoms with E-state index in [0.29, 0.717) is 12.2 Å². The third kappa shape index (κ3) is 2.87. The van der Waals surface area contributed by atoms with E-state index in [0.717, 1.165) is 19.7 Å². The number of aryl methyl sites for hydroxylation is 1. The summed E-state index contributed by atoms with van der Waals surface area (Å²) in [6, 6.07) is 9.85. The van der Waals surface area contributed by atoms with Crippen LogP contribution in [0.4, 0.5) is 0 Å². The zero-order valence-electron chi connectivity index (χ0n) is 11.7. The van der Waals surface area contributed by atoms with Crippen molar-refractivity contribution in [3.63, 3.8) is 0 Å². The molecule has 21 heavy (non-hydrogen) atoms. The molecule has 6 heteroatoms. The van der Waals surface area contributed by atoms with Crippen LogP contribution in [0.5, 0.6) is 0 Å². The Morgan fingerprint density at radius 2 is 2.19 bits per heavy atom. The van der Waals surface area contributed by atoms with Crippen molar-refractivity contribution in [2.24, 2.45) is 7.05 Å². The first-order valence-electron chi connectivity index (χ1n) is 6.46. The molecule has 4 nitrogen and oxygen atoms in total. The number of nitrogens with zero attached hydrogens (tertiary/aromatic N) is 3. The SMILES string of the molecule is CN(Cc1nc2ccccc2s1)C(=O)c1cc(Br)cn1C. The summed E-state index contributed by atoms with van der Waals surface area (Å²) in [5, 5.41) is 0.945. The molecule has 0 bridgehead atoms. The van der Waals surface area contributed by atoms with Gasteiger partial charge < -0.3 is 9.47 Å². The fourth-order valence-electron chi connectivity index (χ4n) is 2.19. The van der Waals surface area contributed by atoms with Crippen LogP contribution < -0.4 is 0 Å². The van der Waals surface area contributed by atoms with Crippen LogP contribution in [0.2, 0.25) is 0 Å². The zero-order chi connectivity index (χ0) is 15.0. The molecule has 0 aliphatic heterocycles. The van der Waals surface area contributed by atoms with Crippen molar-refractivity contribution in [2.45, 2.75) is 6.54 Å². The van der Waals surface area contributed by atoms with Gasteiger partial charge in [0, 0.05) is 24.8 Å². The molecular weight excluding hydrogens is 350 g/mol. The monoisotopic (exact) mass is 363 g/mol. The van der Waals surface area contributed by atoms with Gasteiger partial charge in [-0.1, -0.05) is 12.1 Å². The minimum atomic E-state index is -0.0116. The molecule has 0 aliphatic carbocycles. The minimum Gasteiger partial charge on any atom is -0.345 e. The molecule has 0 aliphatic rings. The number of fused-ring (bicyclic) bond motifs is 1. The summed E-state index contributed by atoms with van der Waals surface area (Å²) in [4.78, 5) is 18.7. The molecule has 2 heterocycles. The number of amides is 1. The van der Waals surface area contributed by atoms with Crippen LogP contribution in [0.3, 0.4) is 0 Å². The molecule has 1 aromatic carbocycles. The van der Waals surface area contributed by atoms with Crippen molar-refractivity contribution < 1.29 is 4.79 Å². The normalized spacial score (nSPS) is 11.0. The van der Waals surface area contributed by atoms with Gasteiger partial charge in [-0.15, -0.1) is 11.3 Å². The van der Waals surface area contributed by atoms with Crippen molar-refractivity contribution in [2.75, 3.05) is 7.05 Å². The van der Waals surface area contributed by atoms with E-state index in [1.165, 1.54) is 0 Å². The van der Waals surface area contributed by atoms with Gasteiger partial charge in [0.15, 0.2) is 0 Å². The van der Waals surface area contributed by atoms with Gasteiger partial charge in [0.1, 0.15) is 10.7 Å². The van der Waals surface area contributed by atoms with E-state index < -0.39 is 0 Å². The second-order valence-corrected chi connectivity index (χ2v) is 6.92. The summed E-state index contributed by atoms with van der Waals surface area (Å²) in [6.07, 6.45) is 1.87. The highest BCUT2D eigenvalue weighted by Gasteiger charge is 2.17. The number of rotatable bonds is 3. The quantitative estimate of drug-likeness (QED) is 0.711. The summed E-state index contributed by atoms with van der Waals surface area (Å²) in [5.41, 5.74) is 1.64. The molecule has 3 rings (SSSR count). The molecule has 0 atom stereocenters. The van der Waals surface area contributed by atoms with Gasteiger partial charge in [-0.25, -0.2) is 4.98 Å². The van der Waals surface area contributed by atoms with Gasteiger partial charge in [-0.3, -0.25) is 4.79 Å². The largest absolute Gasteiger partial charge is 0.345 e. The van der Waals surface area contributed by atoms with Crippen LogP contribution in [0.25, 0.3) is 10.2 Å². The van der Waals surface area contributed by atoms with Gasteiger partial charge in [0.25, 0.3) is 5.91 Å². The van der Waals surface area contributed by atoms with Crippen molar-refractivity contribution in [1.82, 2.24) is 14.5 Å². The summed E-state index contributed by atoms with van der Waals surface area (Å²) < 4.78 is 3.87. The number of hydrogen-bond donors (Lipinski definition) is 0. The average molecular weight is 364 g/mol. The standard InChI is InChI=1S/C15H14BrN3OS/c1-18-8-10(16)7-12(18)15(20)19(2)9-14-17-11-5-3-4-6-13(11)21-14/h3-8H,9H2,1-2H3. The molecule has 0 saturated heterocycles. The molecule has 3 aromatic rings. The van der Waals surface area contributed by atoms with E-state index in [9.17, 15) is 4.79 Å². The molecule has 1 amide bonds. The Morgan fingerprint density at radius 1 is 1.43 bits per heavy atom. The molecule has 2 aromatic heterocycles.